The van der Waals surface area contributed by atoms with Crippen molar-refractivity contribution in [3.05, 3.63) is 23.8 Å². The Bertz CT molecular complexity index is 246. The maximum absolute atomic E-state index is 10.9. The highest BCUT2D eigenvalue weighted by molar-refractivity contribution is 6.48. The second kappa shape index (κ2) is 2.60. The van der Waals surface area contributed by atoms with Gasteiger partial charge < -0.3 is 0 Å². The first kappa shape index (κ1) is 6.93. The zero-order valence-corrected chi connectivity index (χ0v) is 6.09. The second-order valence-electron chi connectivity index (χ2n) is 2.19. The highest BCUT2D eigenvalue weighted by atomic mass is 16.1. The van der Waals surface area contributed by atoms with E-state index in [2.05, 4.69) is 4.99 Å². The van der Waals surface area contributed by atoms with Crippen molar-refractivity contribution in [3.63, 3.8) is 0 Å². The van der Waals surface area contributed by atoms with Crippen LogP contribution >= 0.6 is 0 Å². The summed E-state index contributed by atoms with van der Waals surface area (Å²) in [6.45, 7) is 1.94. The summed E-state index contributed by atoms with van der Waals surface area (Å²) in [6.07, 6.45) is 5.11. The lowest BCUT2D eigenvalue weighted by atomic mass is 10.1. The minimum Gasteiger partial charge on any atom is -0.288 e. The van der Waals surface area contributed by atoms with Gasteiger partial charge in [-0.15, -0.1) is 0 Å². The summed E-state index contributed by atoms with van der Waals surface area (Å²) >= 11 is 0. The third kappa shape index (κ3) is 1.21. The van der Waals surface area contributed by atoms with E-state index < -0.39 is 0 Å². The van der Waals surface area contributed by atoms with Crippen molar-refractivity contribution in [2.24, 2.45) is 4.99 Å². The molecule has 0 amide bonds. The van der Waals surface area contributed by atoms with Crippen LogP contribution in [0, 0.1) is 0 Å². The fourth-order valence-electron chi connectivity index (χ4n) is 0.802. The van der Waals surface area contributed by atoms with Gasteiger partial charge in [0, 0.05) is 7.05 Å². The molecule has 1 aliphatic rings. The number of nitrogens with zero attached hydrogens (tertiary/aromatic N) is 1. The molecular weight excluding hydrogens is 126 g/mol. The predicted octanol–water partition coefficient (Wildman–Crippen LogP) is 1.14. The fraction of sp³-hybridized carbons (Fsp3) is 0.250. The average Bonchev–Trinajstić information content (AvgIpc) is 1.94. The Morgan fingerprint density at radius 3 is 2.60 bits per heavy atom. The molecule has 0 saturated heterocycles. The molecule has 0 unspecified atom stereocenters. The van der Waals surface area contributed by atoms with E-state index in [4.69, 9.17) is 0 Å². The Labute approximate surface area is 60.0 Å². The predicted molar refractivity (Wildman–Crippen MR) is 41.3 cm³/mol. The summed E-state index contributed by atoms with van der Waals surface area (Å²) in [5.41, 5.74) is 1.61. The van der Waals surface area contributed by atoms with Crippen LogP contribution in [0.4, 0.5) is 0 Å². The number of hydrogen-bond donors (Lipinski definition) is 0. The third-order valence-electron chi connectivity index (χ3n) is 1.36. The van der Waals surface area contributed by atoms with Gasteiger partial charge in [0.1, 0.15) is 5.71 Å². The average molecular weight is 135 g/mol. The van der Waals surface area contributed by atoms with Gasteiger partial charge in [-0.1, -0.05) is 6.08 Å². The van der Waals surface area contributed by atoms with Gasteiger partial charge >= 0.3 is 0 Å². The first-order chi connectivity index (χ1) is 4.74. The van der Waals surface area contributed by atoms with Crippen molar-refractivity contribution in [3.8, 4) is 0 Å². The van der Waals surface area contributed by atoms with Crippen LogP contribution in [-0.2, 0) is 4.79 Å². The SMILES string of the molecule is CN=C1C=C(C)C=CC1=O. The van der Waals surface area contributed by atoms with Crippen LogP contribution in [0.25, 0.3) is 0 Å². The van der Waals surface area contributed by atoms with Crippen molar-refractivity contribution in [2.75, 3.05) is 7.05 Å². The van der Waals surface area contributed by atoms with E-state index in [9.17, 15) is 4.79 Å². The molecule has 0 aliphatic heterocycles. The molecule has 0 heterocycles. The monoisotopic (exact) mass is 135 g/mol. The molecule has 0 aromatic rings. The lowest BCUT2D eigenvalue weighted by molar-refractivity contribution is -0.108. The maximum Gasteiger partial charge on any atom is 0.203 e. The maximum atomic E-state index is 10.9. The van der Waals surface area contributed by atoms with Gasteiger partial charge in [-0.3, -0.25) is 9.79 Å². The molecule has 2 heteroatoms. The lowest BCUT2D eigenvalue weighted by Crippen LogP contribution is -2.11. The molecule has 0 fully saturated rings. The van der Waals surface area contributed by atoms with Crippen molar-refractivity contribution in [1.29, 1.82) is 0 Å². The summed E-state index contributed by atoms with van der Waals surface area (Å²) in [5.74, 6) is -0.00639. The molecule has 52 valence electrons. The largest absolute Gasteiger partial charge is 0.288 e. The van der Waals surface area contributed by atoms with E-state index in [-0.39, 0.29) is 5.78 Å². The minimum absolute atomic E-state index is 0.00639. The smallest absolute Gasteiger partial charge is 0.203 e. The van der Waals surface area contributed by atoms with Crippen LogP contribution in [0.2, 0.25) is 0 Å². The molecule has 0 aromatic carbocycles. The third-order valence-corrected chi connectivity index (χ3v) is 1.36. The standard InChI is InChI=1S/C8H9NO/c1-6-3-4-8(10)7(5-6)9-2/h3-5H,1-2H3. The van der Waals surface area contributed by atoms with Crippen LogP contribution in [0.15, 0.2) is 28.8 Å². The Morgan fingerprint density at radius 2 is 2.10 bits per heavy atom. The molecular formula is C8H9NO. The first-order valence-electron chi connectivity index (χ1n) is 3.11. The fourth-order valence-corrected chi connectivity index (χ4v) is 0.802. The molecule has 1 rings (SSSR count). The van der Waals surface area contributed by atoms with E-state index in [1.807, 2.05) is 6.92 Å². The Kier molecular flexibility index (Phi) is 1.81. The van der Waals surface area contributed by atoms with Crippen LogP contribution in [0.5, 0.6) is 0 Å². The summed E-state index contributed by atoms with van der Waals surface area (Å²) in [7, 11) is 1.62. The summed E-state index contributed by atoms with van der Waals surface area (Å²) in [6, 6.07) is 0. The highest BCUT2D eigenvalue weighted by Gasteiger charge is 2.07. The number of carbonyl (C=O) groups is 1. The van der Waals surface area contributed by atoms with Gasteiger partial charge in [-0.2, -0.15) is 0 Å². The van der Waals surface area contributed by atoms with Gasteiger partial charge in [0.15, 0.2) is 0 Å². The molecule has 0 bridgehead atoms. The topological polar surface area (TPSA) is 29.4 Å². The molecule has 0 N–H and O–H groups in total. The number of rotatable bonds is 0. The molecule has 0 aromatic heterocycles. The van der Waals surface area contributed by atoms with Crippen LogP contribution in [0.1, 0.15) is 6.92 Å². The number of carbonyl (C=O) groups excluding carboxylic acids is 1. The van der Waals surface area contributed by atoms with Crippen molar-refractivity contribution >= 4 is 11.5 Å². The number of aliphatic imine (C=N–C) groups is 1. The van der Waals surface area contributed by atoms with Gasteiger partial charge in [-0.05, 0) is 24.6 Å². The lowest BCUT2D eigenvalue weighted by Gasteiger charge is -2.01. The highest BCUT2D eigenvalue weighted by Crippen LogP contribution is 2.03. The van der Waals surface area contributed by atoms with Crippen molar-refractivity contribution in [2.45, 2.75) is 6.92 Å². The van der Waals surface area contributed by atoms with Gasteiger partial charge in [0.05, 0.1) is 0 Å². The molecule has 1 aliphatic carbocycles. The molecule has 0 atom stereocenters. The van der Waals surface area contributed by atoms with E-state index in [1.165, 1.54) is 6.08 Å². The molecule has 0 spiro atoms. The quantitative estimate of drug-likeness (QED) is 0.458. The van der Waals surface area contributed by atoms with E-state index in [0.29, 0.717) is 5.71 Å². The van der Waals surface area contributed by atoms with E-state index in [0.717, 1.165) is 5.57 Å². The first-order valence-corrected chi connectivity index (χ1v) is 3.11. The summed E-state index contributed by atoms with van der Waals surface area (Å²) in [4.78, 5) is 14.7. The van der Waals surface area contributed by atoms with E-state index >= 15 is 0 Å². The molecule has 0 saturated carbocycles. The number of hydrogen-bond acceptors (Lipinski definition) is 2. The molecule has 10 heavy (non-hydrogen) atoms. The Balaban J connectivity index is 2.99. The summed E-state index contributed by atoms with van der Waals surface area (Å²) < 4.78 is 0. The van der Waals surface area contributed by atoms with Crippen LogP contribution < -0.4 is 0 Å². The molecule has 2 nitrogen and oxygen atoms in total. The van der Waals surface area contributed by atoms with Gasteiger partial charge in [0.25, 0.3) is 0 Å². The second-order valence-corrected chi connectivity index (χ2v) is 2.19. The Hall–Kier alpha value is -1.18. The normalized spacial score (nSPS) is 21.6. The van der Waals surface area contributed by atoms with Gasteiger partial charge in [-0.25, -0.2) is 0 Å². The van der Waals surface area contributed by atoms with Crippen molar-refractivity contribution < 1.29 is 4.79 Å². The number of ketones is 1. The minimum atomic E-state index is -0.00639. The van der Waals surface area contributed by atoms with Crippen LogP contribution in [0.3, 0.4) is 0 Å². The number of allylic oxidation sites excluding steroid dienone is 4. The van der Waals surface area contributed by atoms with Gasteiger partial charge in [0.2, 0.25) is 5.78 Å². The zero-order valence-electron chi connectivity index (χ0n) is 6.09. The van der Waals surface area contributed by atoms with Crippen LogP contribution in [-0.4, -0.2) is 18.5 Å². The summed E-state index contributed by atoms with van der Waals surface area (Å²) in [5, 5.41) is 0. The zero-order chi connectivity index (χ0) is 7.56. The molecule has 0 radical (unpaired) electrons. The van der Waals surface area contributed by atoms with E-state index in [1.54, 1.807) is 19.2 Å². The van der Waals surface area contributed by atoms with Crippen molar-refractivity contribution in [1.82, 2.24) is 0 Å². The Morgan fingerprint density at radius 1 is 1.40 bits per heavy atom.